The summed E-state index contributed by atoms with van der Waals surface area (Å²) in [5.41, 5.74) is -0.501. The van der Waals surface area contributed by atoms with Crippen LogP contribution in [0.3, 0.4) is 0 Å². The Morgan fingerprint density at radius 2 is 1.84 bits per heavy atom. The average molecular weight is 389 g/mol. The highest BCUT2D eigenvalue weighted by Crippen LogP contribution is 2.32. The second-order valence-electron chi connectivity index (χ2n) is 5.15. The number of nitrogens with one attached hydrogen (secondary N) is 1. The van der Waals surface area contributed by atoms with Crippen molar-refractivity contribution in [1.82, 2.24) is 14.6 Å². The molecule has 0 bridgehead atoms. The summed E-state index contributed by atoms with van der Waals surface area (Å²) in [7, 11) is 0. The van der Waals surface area contributed by atoms with E-state index in [4.69, 9.17) is 23.2 Å². The Morgan fingerprint density at radius 1 is 1.20 bits per heavy atom. The maximum absolute atomic E-state index is 12.9. The molecule has 0 unspecified atom stereocenters. The Morgan fingerprint density at radius 3 is 2.44 bits per heavy atom. The largest absolute Gasteiger partial charge is 0.435 e. The van der Waals surface area contributed by atoms with E-state index in [1.807, 2.05) is 0 Å². The van der Waals surface area contributed by atoms with Gasteiger partial charge in [0.25, 0.3) is 5.91 Å². The van der Waals surface area contributed by atoms with Crippen molar-refractivity contribution >= 4 is 40.3 Å². The monoisotopic (exact) mass is 388 g/mol. The summed E-state index contributed by atoms with van der Waals surface area (Å²) < 4.78 is 39.8. The van der Waals surface area contributed by atoms with Gasteiger partial charge in [-0.05, 0) is 25.1 Å². The van der Waals surface area contributed by atoms with Gasteiger partial charge in [-0.3, -0.25) is 9.78 Å². The molecule has 0 aromatic carbocycles. The van der Waals surface area contributed by atoms with Gasteiger partial charge in [-0.15, -0.1) is 0 Å². The summed E-state index contributed by atoms with van der Waals surface area (Å²) in [6.45, 7) is 1.58. The van der Waals surface area contributed by atoms with Crippen LogP contribution in [0.5, 0.6) is 0 Å². The molecule has 3 heterocycles. The molecule has 0 aliphatic rings. The quantitative estimate of drug-likeness (QED) is 0.696. The molecule has 0 saturated carbocycles. The van der Waals surface area contributed by atoms with Crippen molar-refractivity contribution in [3.8, 4) is 0 Å². The van der Waals surface area contributed by atoms with E-state index in [1.165, 1.54) is 24.5 Å². The second-order valence-corrected chi connectivity index (χ2v) is 5.96. The van der Waals surface area contributed by atoms with Gasteiger partial charge in [0.15, 0.2) is 5.69 Å². The van der Waals surface area contributed by atoms with Crippen molar-refractivity contribution in [2.75, 3.05) is 5.32 Å². The smallest absolute Gasteiger partial charge is 0.319 e. The first kappa shape index (κ1) is 17.5. The lowest BCUT2D eigenvalue weighted by atomic mass is 10.2. The number of aryl methyl sites for hydroxylation is 1. The van der Waals surface area contributed by atoms with Crippen LogP contribution < -0.4 is 5.32 Å². The lowest BCUT2D eigenvalue weighted by Gasteiger charge is -2.10. The van der Waals surface area contributed by atoms with Gasteiger partial charge in [-0.1, -0.05) is 23.2 Å². The van der Waals surface area contributed by atoms with Crippen molar-refractivity contribution in [2.24, 2.45) is 0 Å². The number of rotatable bonds is 2. The summed E-state index contributed by atoms with van der Waals surface area (Å²) in [6, 6.07) is 3.72. The predicted octanol–water partition coefficient (Wildman–Crippen LogP) is 4.62. The van der Waals surface area contributed by atoms with Gasteiger partial charge >= 0.3 is 6.18 Å². The molecule has 1 N–H and O–H groups in total. The molecule has 3 aromatic heterocycles. The van der Waals surface area contributed by atoms with Gasteiger partial charge < -0.3 is 5.32 Å². The van der Waals surface area contributed by atoms with E-state index in [-0.39, 0.29) is 26.8 Å². The molecule has 5 nitrogen and oxygen atoms in total. The third-order valence-electron chi connectivity index (χ3n) is 3.44. The van der Waals surface area contributed by atoms with Crippen LogP contribution in [0.15, 0.2) is 30.6 Å². The molecular weight excluding hydrogens is 380 g/mol. The molecule has 10 heteroatoms. The molecule has 0 atom stereocenters. The number of carbonyl (C=O) groups excluding carboxylic acids is 1. The first-order chi connectivity index (χ1) is 11.7. The van der Waals surface area contributed by atoms with E-state index in [0.717, 1.165) is 10.6 Å². The highest BCUT2D eigenvalue weighted by molar-refractivity contribution is 6.39. The normalized spacial score (nSPS) is 11.8. The summed E-state index contributed by atoms with van der Waals surface area (Å²) >= 11 is 11.9. The first-order valence-electron chi connectivity index (χ1n) is 6.85. The standard InChI is InChI=1S/C15H9Cl2F3N4O/c1-7-2-3-8(11-4-12(15(18,19)20)23-24(7)11)14(25)22-13-9(16)5-21-6-10(13)17/h2-6H,1H3,(H,21,22,25). The molecule has 1 amide bonds. The number of alkyl halides is 3. The minimum atomic E-state index is -4.62. The maximum atomic E-state index is 12.9. The Labute approximate surface area is 149 Å². The minimum Gasteiger partial charge on any atom is -0.319 e. The van der Waals surface area contributed by atoms with Gasteiger partial charge in [0.2, 0.25) is 0 Å². The molecule has 3 rings (SSSR count). The first-order valence-corrected chi connectivity index (χ1v) is 7.61. The fraction of sp³-hybridized carbons (Fsp3) is 0.133. The van der Waals surface area contributed by atoms with E-state index in [9.17, 15) is 18.0 Å². The van der Waals surface area contributed by atoms with Crippen molar-refractivity contribution in [2.45, 2.75) is 13.1 Å². The fourth-order valence-corrected chi connectivity index (χ4v) is 2.70. The number of anilines is 1. The Balaban J connectivity index is 2.08. The number of carbonyl (C=O) groups is 1. The number of pyridine rings is 2. The van der Waals surface area contributed by atoms with E-state index >= 15 is 0 Å². The molecular formula is C15H9Cl2F3N4O. The third kappa shape index (κ3) is 3.27. The van der Waals surface area contributed by atoms with Crippen LogP contribution in [0.1, 0.15) is 21.7 Å². The number of amides is 1. The molecule has 25 heavy (non-hydrogen) atoms. The van der Waals surface area contributed by atoms with Crippen LogP contribution >= 0.6 is 23.2 Å². The zero-order valence-electron chi connectivity index (χ0n) is 12.5. The number of hydrogen-bond donors (Lipinski definition) is 1. The van der Waals surface area contributed by atoms with Gasteiger partial charge in [-0.25, -0.2) is 4.52 Å². The number of hydrogen-bond acceptors (Lipinski definition) is 3. The van der Waals surface area contributed by atoms with Gasteiger partial charge in [0.1, 0.15) is 0 Å². The van der Waals surface area contributed by atoms with Crippen molar-refractivity contribution in [3.05, 3.63) is 57.6 Å². The topological polar surface area (TPSA) is 59.3 Å². The number of fused-ring (bicyclic) bond motifs is 1. The highest BCUT2D eigenvalue weighted by atomic mass is 35.5. The summed E-state index contributed by atoms with van der Waals surface area (Å²) in [5, 5.41) is 6.22. The van der Waals surface area contributed by atoms with Crippen LogP contribution in [0.4, 0.5) is 18.9 Å². The molecule has 3 aromatic rings. The predicted molar refractivity (Wildman–Crippen MR) is 87.1 cm³/mol. The molecule has 0 aliphatic heterocycles. The van der Waals surface area contributed by atoms with Crippen molar-refractivity contribution in [3.63, 3.8) is 0 Å². The van der Waals surface area contributed by atoms with Crippen molar-refractivity contribution in [1.29, 1.82) is 0 Å². The van der Waals surface area contributed by atoms with Crippen LogP contribution in [0.2, 0.25) is 10.0 Å². The Bertz CT molecular complexity index is 965. The summed E-state index contributed by atoms with van der Waals surface area (Å²) in [5.74, 6) is -0.673. The average Bonchev–Trinajstić information content (AvgIpc) is 2.97. The SMILES string of the molecule is Cc1ccc(C(=O)Nc2c(Cl)cncc2Cl)c2cc(C(F)(F)F)nn12. The van der Waals surface area contributed by atoms with Crippen LogP contribution in [0, 0.1) is 6.92 Å². The summed E-state index contributed by atoms with van der Waals surface area (Å²) in [6.07, 6.45) is -2.05. The van der Waals surface area contributed by atoms with E-state index in [1.54, 1.807) is 6.92 Å². The Hall–Kier alpha value is -2.32. The van der Waals surface area contributed by atoms with Crippen LogP contribution in [-0.2, 0) is 6.18 Å². The van der Waals surface area contributed by atoms with E-state index in [0.29, 0.717) is 5.69 Å². The highest BCUT2D eigenvalue weighted by Gasteiger charge is 2.35. The van der Waals surface area contributed by atoms with E-state index < -0.39 is 17.8 Å². The van der Waals surface area contributed by atoms with Crippen molar-refractivity contribution < 1.29 is 18.0 Å². The summed E-state index contributed by atoms with van der Waals surface area (Å²) in [4.78, 5) is 16.3. The van der Waals surface area contributed by atoms with Gasteiger partial charge in [0.05, 0.1) is 26.8 Å². The number of nitrogens with zero attached hydrogens (tertiary/aromatic N) is 3. The van der Waals surface area contributed by atoms with E-state index in [2.05, 4.69) is 15.4 Å². The maximum Gasteiger partial charge on any atom is 0.435 e. The number of aromatic nitrogens is 3. The van der Waals surface area contributed by atoms with Gasteiger partial charge in [0, 0.05) is 18.1 Å². The molecule has 0 fully saturated rings. The molecule has 130 valence electrons. The number of halogens is 5. The van der Waals surface area contributed by atoms with Crippen LogP contribution in [0.25, 0.3) is 5.52 Å². The fourth-order valence-electron chi connectivity index (χ4n) is 2.24. The van der Waals surface area contributed by atoms with Gasteiger partial charge in [-0.2, -0.15) is 18.3 Å². The molecule has 0 aliphatic carbocycles. The molecule has 0 radical (unpaired) electrons. The lowest BCUT2D eigenvalue weighted by Crippen LogP contribution is -2.14. The molecule has 0 saturated heterocycles. The zero-order valence-corrected chi connectivity index (χ0v) is 14.0. The minimum absolute atomic E-state index is 0.00227. The lowest BCUT2D eigenvalue weighted by molar-refractivity contribution is -0.141. The van der Waals surface area contributed by atoms with Crippen LogP contribution in [-0.4, -0.2) is 20.5 Å². The Kier molecular flexibility index (Phi) is 4.34. The third-order valence-corrected chi connectivity index (χ3v) is 4.01. The molecule has 0 spiro atoms. The zero-order chi connectivity index (χ0) is 18.4. The second kappa shape index (κ2) is 6.20.